The Morgan fingerprint density at radius 3 is 2.00 bits per heavy atom. The van der Waals surface area contributed by atoms with Crippen LogP contribution >= 0.6 is 0 Å². The third-order valence-electron chi connectivity index (χ3n) is 0.167. The molecule has 0 saturated heterocycles. The molecule has 0 aliphatic rings. The SMILES string of the molecule is NCC(=O)[O-].[Au+]. The Kier molecular flexibility index (Phi) is 8.17. The number of carbonyl (C=O) groups excluding carboxylic acids is 1. The minimum Gasteiger partial charge on any atom is -0.549 e. The van der Waals surface area contributed by atoms with E-state index in [1.165, 1.54) is 0 Å². The molecule has 0 atom stereocenters. The topological polar surface area (TPSA) is 66.2 Å². The Labute approximate surface area is 51.0 Å². The molecule has 0 aromatic heterocycles. The molecule has 0 aliphatic heterocycles. The van der Waals surface area contributed by atoms with E-state index in [1.54, 1.807) is 0 Å². The molecule has 0 rings (SSSR count). The van der Waals surface area contributed by atoms with E-state index in [9.17, 15) is 0 Å². The van der Waals surface area contributed by atoms with Crippen LogP contribution in [0.4, 0.5) is 0 Å². The van der Waals surface area contributed by atoms with Gasteiger partial charge >= 0.3 is 22.4 Å². The second-order valence-electron chi connectivity index (χ2n) is 0.576. The normalized spacial score (nSPS) is 6.17. The predicted molar refractivity (Wildman–Crippen MR) is 14.1 cm³/mol. The van der Waals surface area contributed by atoms with Crippen molar-refractivity contribution in [3.8, 4) is 0 Å². The van der Waals surface area contributed by atoms with Gasteiger partial charge in [0.25, 0.3) is 0 Å². The molecule has 4 heteroatoms. The molecule has 0 heterocycles. The zero-order valence-electron chi connectivity index (χ0n) is 2.90. The van der Waals surface area contributed by atoms with Gasteiger partial charge in [-0.05, 0) is 0 Å². The maximum Gasteiger partial charge on any atom is 1.00 e. The zero-order chi connectivity index (χ0) is 4.28. The fraction of sp³-hybridized carbons (Fsp3) is 0.500. The summed E-state index contributed by atoms with van der Waals surface area (Å²) in [6, 6.07) is 0. The van der Waals surface area contributed by atoms with Gasteiger partial charge in [0.2, 0.25) is 0 Å². The molecule has 40 valence electrons. The first-order valence-corrected chi connectivity index (χ1v) is 1.17. The number of rotatable bonds is 1. The van der Waals surface area contributed by atoms with Crippen molar-refractivity contribution < 1.29 is 32.3 Å². The number of nitrogens with two attached hydrogens (primary N) is 1. The minimum atomic E-state index is -1.22. The van der Waals surface area contributed by atoms with Gasteiger partial charge in [-0.1, -0.05) is 0 Å². The summed E-state index contributed by atoms with van der Waals surface area (Å²) in [7, 11) is 0. The molecule has 0 aliphatic carbocycles. The van der Waals surface area contributed by atoms with E-state index in [2.05, 4.69) is 5.73 Å². The van der Waals surface area contributed by atoms with Gasteiger partial charge in [-0.25, -0.2) is 0 Å². The van der Waals surface area contributed by atoms with Crippen LogP contribution in [0.15, 0.2) is 0 Å². The number of aliphatic carboxylic acids is 1. The van der Waals surface area contributed by atoms with E-state index < -0.39 is 5.97 Å². The summed E-state index contributed by atoms with van der Waals surface area (Å²) in [5, 5.41) is 9.13. The van der Waals surface area contributed by atoms with Crippen molar-refractivity contribution >= 4 is 5.97 Å². The molecule has 0 unspecified atom stereocenters. The fourth-order valence-electron chi connectivity index (χ4n) is 0. The summed E-state index contributed by atoms with van der Waals surface area (Å²) in [5.41, 5.74) is 4.51. The van der Waals surface area contributed by atoms with Gasteiger partial charge in [0.1, 0.15) is 0 Å². The van der Waals surface area contributed by atoms with Crippen LogP contribution < -0.4 is 10.8 Å². The van der Waals surface area contributed by atoms with E-state index in [0.29, 0.717) is 0 Å². The molecule has 3 nitrogen and oxygen atoms in total. The molecule has 0 saturated carbocycles. The molecule has 6 heavy (non-hydrogen) atoms. The van der Waals surface area contributed by atoms with Crippen molar-refractivity contribution in [3.05, 3.63) is 0 Å². The number of carboxylic acid groups (broad SMARTS) is 1. The first-order chi connectivity index (χ1) is 2.27. The van der Waals surface area contributed by atoms with Gasteiger partial charge in [0.05, 0.1) is 5.97 Å². The largest absolute Gasteiger partial charge is 1.00 e. The van der Waals surface area contributed by atoms with Gasteiger partial charge in [-0.15, -0.1) is 0 Å². The molecule has 2 N–H and O–H groups in total. The first kappa shape index (κ1) is 9.48. The second-order valence-corrected chi connectivity index (χ2v) is 0.576. The van der Waals surface area contributed by atoms with Gasteiger partial charge in [0.15, 0.2) is 0 Å². The number of hydrogen-bond donors (Lipinski definition) is 1. The standard InChI is InChI=1S/C2H5NO2.Au/c3-1-2(4)5;/h1,3H2,(H,4,5);/q;+1/p-1. The van der Waals surface area contributed by atoms with Crippen LogP contribution in [0.3, 0.4) is 0 Å². The van der Waals surface area contributed by atoms with Gasteiger partial charge in [-0.3, -0.25) is 0 Å². The Morgan fingerprint density at radius 2 is 2.00 bits per heavy atom. The van der Waals surface area contributed by atoms with Gasteiger partial charge < -0.3 is 15.6 Å². The van der Waals surface area contributed by atoms with E-state index in [1.807, 2.05) is 0 Å². The molecular formula is C2H4AuNO2. The summed E-state index contributed by atoms with van der Waals surface area (Å²) in [4.78, 5) is 9.13. The molecule has 0 bridgehead atoms. The average Bonchev–Trinajstić information content (AvgIpc) is 1.38. The first-order valence-electron chi connectivity index (χ1n) is 1.17. The van der Waals surface area contributed by atoms with Crippen molar-refractivity contribution in [1.29, 1.82) is 0 Å². The van der Waals surface area contributed by atoms with Crippen LogP contribution in [-0.2, 0) is 27.2 Å². The Hall–Kier alpha value is 0.170. The quantitative estimate of drug-likeness (QED) is 0.545. The van der Waals surface area contributed by atoms with Crippen LogP contribution in [0.5, 0.6) is 0 Å². The van der Waals surface area contributed by atoms with Crippen LogP contribution in [0, 0.1) is 0 Å². The average molecular weight is 271 g/mol. The van der Waals surface area contributed by atoms with Gasteiger partial charge in [0, 0.05) is 6.54 Å². The summed E-state index contributed by atoms with van der Waals surface area (Å²) in [6.45, 7) is -0.389. The second kappa shape index (κ2) is 5.17. The van der Waals surface area contributed by atoms with E-state index in [0.717, 1.165) is 0 Å². The monoisotopic (exact) mass is 271 g/mol. The third-order valence-corrected chi connectivity index (χ3v) is 0.167. The number of carbonyl (C=O) groups is 1. The summed E-state index contributed by atoms with van der Waals surface area (Å²) in [5.74, 6) is -1.22. The smallest absolute Gasteiger partial charge is 0.549 e. The molecule has 0 spiro atoms. The number of hydrogen-bond acceptors (Lipinski definition) is 3. The predicted octanol–water partition coefficient (Wildman–Crippen LogP) is -2.31. The Bertz CT molecular complexity index is 46.8. The zero-order valence-corrected chi connectivity index (χ0v) is 5.07. The van der Waals surface area contributed by atoms with Gasteiger partial charge in [-0.2, -0.15) is 0 Å². The van der Waals surface area contributed by atoms with Crippen molar-refractivity contribution in [2.24, 2.45) is 5.73 Å². The summed E-state index contributed by atoms with van der Waals surface area (Å²) in [6.07, 6.45) is 0. The molecular weight excluding hydrogens is 267 g/mol. The molecule has 0 radical (unpaired) electrons. The van der Waals surface area contributed by atoms with Crippen molar-refractivity contribution in [1.82, 2.24) is 0 Å². The van der Waals surface area contributed by atoms with Crippen LogP contribution in [0.2, 0.25) is 0 Å². The molecule has 0 aromatic rings. The van der Waals surface area contributed by atoms with E-state index >= 15 is 0 Å². The maximum atomic E-state index is 9.13. The molecule has 0 fully saturated rings. The summed E-state index contributed by atoms with van der Waals surface area (Å²) >= 11 is 0. The van der Waals surface area contributed by atoms with Crippen LogP contribution in [-0.4, -0.2) is 12.5 Å². The van der Waals surface area contributed by atoms with Crippen LogP contribution in [0.1, 0.15) is 0 Å². The van der Waals surface area contributed by atoms with E-state index in [-0.39, 0.29) is 28.9 Å². The van der Waals surface area contributed by atoms with Crippen molar-refractivity contribution in [2.75, 3.05) is 6.54 Å². The minimum absolute atomic E-state index is 0. The Morgan fingerprint density at radius 1 is 1.83 bits per heavy atom. The molecule has 0 aromatic carbocycles. The van der Waals surface area contributed by atoms with Crippen molar-refractivity contribution in [2.45, 2.75) is 0 Å². The third kappa shape index (κ3) is 8.90. The molecule has 0 amide bonds. The Balaban J connectivity index is 0. The maximum absolute atomic E-state index is 9.13. The summed E-state index contributed by atoms with van der Waals surface area (Å²) < 4.78 is 0. The van der Waals surface area contributed by atoms with Crippen LogP contribution in [0.25, 0.3) is 0 Å². The fourth-order valence-corrected chi connectivity index (χ4v) is 0. The van der Waals surface area contributed by atoms with Crippen molar-refractivity contribution in [3.63, 3.8) is 0 Å². The van der Waals surface area contributed by atoms with E-state index in [4.69, 9.17) is 9.90 Å². The number of carboxylic acids is 1.